The first-order valence-corrected chi connectivity index (χ1v) is 10.1. The number of primary amides is 1. The van der Waals surface area contributed by atoms with E-state index >= 15 is 0 Å². The third-order valence-electron chi connectivity index (χ3n) is 4.28. The number of rotatable bonds is 11. The quantitative estimate of drug-likeness (QED) is 0.155. The number of carbonyl (C=O) groups is 5. The molecule has 10 heteroatoms. The summed E-state index contributed by atoms with van der Waals surface area (Å²) in [5, 5.41) is 7.59. The van der Waals surface area contributed by atoms with E-state index in [1.54, 1.807) is 0 Å². The maximum atomic E-state index is 12.2. The number of amides is 4. The van der Waals surface area contributed by atoms with E-state index in [-0.39, 0.29) is 30.1 Å². The van der Waals surface area contributed by atoms with Crippen LogP contribution in [-0.4, -0.2) is 54.8 Å². The molecular formula is C21H36N4O6. The van der Waals surface area contributed by atoms with Crippen molar-refractivity contribution in [2.75, 3.05) is 19.7 Å². The molecular weight excluding hydrogens is 404 g/mol. The van der Waals surface area contributed by atoms with Gasteiger partial charge in [0, 0.05) is 17.7 Å². The number of nitrogens with one attached hydrogen (secondary N) is 3. The van der Waals surface area contributed by atoms with Gasteiger partial charge in [0.1, 0.15) is 6.61 Å². The summed E-state index contributed by atoms with van der Waals surface area (Å²) < 4.78 is 4.85. The fourth-order valence-corrected chi connectivity index (χ4v) is 3.56. The van der Waals surface area contributed by atoms with E-state index in [0.717, 1.165) is 0 Å². The molecule has 10 nitrogen and oxygen atoms in total. The van der Waals surface area contributed by atoms with Gasteiger partial charge in [-0.25, -0.2) is 4.79 Å². The Bertz CT molecular complexity index is 715. The average Bonchev–Trinajstić information content (AvgIpc) is 2.60. The van der Waals surface area contributed by atoms with Crippen molar-refractivity contribution in [1.82, 2.24) is 16.0 Å². The Morgan fingerprint density at radius 3 is 2.10 bits per heavy atom. The van der Waals surface area contributed by atoms with Crippen LogP contribution in [0.25, 0.3) is 0 Å². The summed E-state index contributed by atoms with van der Waals surface area (Å²) >= 11 is 0. The van der Waals surface area contributed by atoms with E-state index in [4.69, 9.17) is 10.5 Å². The SMILES string of the molecule is C=C(C)C(=O)OCCNC(=O)C(=O)NC(C)(C)CC(C)(C)CC(C)CNC(=O)C(N)=O. The van der Waals surface area contributed by atoms with Crippen molar-refractivity contribution in [3.05, 3.63) is 12.2 Å². The summed E-state index contributed by atoms with van der Waals surface area (Å²) in [5.74, 6) is -3.95. The normalized spacial score (nSPS) is 12.3. The van der Waals surface area contributed by atoms with Gasteiger partial charge in [0.25, 0.3) is 0 Å². The molecule has 0 aliphatic rings. The van der Waals surface area contributed by atoms with Crippen LogP contribution in [0.1, 0.15) is 54.4 Å². The summed E-state index contributed by atoms with van der Waals surface area (Å²) in [7, 11) is 0. The maximum absolute atomic E-state index is 12.2. The van der Waals surface area contributed by atoms with Crippen molar-refractivity contribution < 1.29 is 28.7 Å². The van der Waals surface area contributed by atoms with Crippen molar-refractivity contribution in [3.8, 4) is 0 Å². The highest BCUT2D eigenvalue weighted by atomic mass is 16.5. The molecule has 1 atom stereocenters. The molecule has 0 aliphatic carbocycles. The molecule has 0 heterocycles. The van der Waals surface area contributed by atoms with Gasteiger partial charge >= 0.3 is 29.6 Å². The van der Waals surface area contributed by atoms with Gasteiger partial charge in [-0.05, 0) is 44.9 Å². The summed E-state index contributed by atoms with van der Waals surface area (Å²) in [6.45, 7) is 14.8. The molecule has 0 fully saturated rings. The number of ether oxygens (including phenoxy) is 1. The first-order chi connectivity index (χ1) is 14.1. The lowest BCUT2D eigenvalue weighted by Gasteiger charge is -2.37. The second-order valence-corrected chi connectivity index (χ2v) is 9.23. The van der Waals surface area contributed by atoms with Gasteiger partial charge in [-0.1, -0.05) is 27.4 Å². The Morgan fingerprint density at radius 2 is 1.58 bits per heavy atom. The molecule has 0 saturated carbocycles. The predicted octanol–water partition coefficient (Wildman–Crippen LogP) is 0.161. The third-order valence-corrected chi connectivity index (χ3v) is 4.28. The summed E-state index contributed by atoms with van der Waals surface area (Å²) in [5.41, 5.74) is 4.25. The van der Waals surface area contributed by atoms with Gasteiger partial charge in [-0.2, -0.15) is 0 Å². The van der Waals surface area contributed by atoms with Crippen LogP contribution in [0.2, 0.25) is 0 Å². The van der Waals surface area contributed by atoms with Gasteiger partial charge in [0.05, 0.1) is 6.54 Å². The minimum Gasteiger partial charge on any atom is -0.460 e. The second-order valence-electron chi connectivity index (χ2n) is 9.23. The molecule has 0 saturated heterocycles. The van der Waals surface area contributed by atoms with Gasteiger partial charge in [0.15, 0.2) is 0 Å². The average molecular weight is 441 g/mol. The number of hydrogen-bond acceptors (Lipinski definition) is 6. The molecule has 0 radical (unpaired) electrons. The summed E-state index contributed by atoms with van der Waals surface area (Å²) in [6, 6.07) is 0. The molecule has 0 aromatic carbocycles. The van der Waals surface area contributed by atoms with Crippen LogP contribution in [0.5, 0.6) is 0 Å². The number of esters is 1. The monoisotopic (exact) mass is 440 g/mol. The van der Waals surface area contributed by atoms with Gasteiger partial charge in [0.2, 0.25) is 0 Å². The Balaban J connectivity index is 4.54. The Kier molecular flexibility index (Phi) is 10.9. The predicted molar refractivity (Wildman–Crippen MR) is 115 cm³/mol. The Labute approximate surface area is 183 Å². The van der Waals surface area contributed by atoms with Crippen molar-refractivity contribution >= 4 is 29.6 Å². The van der Waals surface area contributed by atoms with Crippen LogP contribution in [0, 0.1) is 11.3 Å². The van der Waals surface area contributed by atoms with Crippen molar-refractivity contribution in [2.45, 2.75) is 59.9 Å². The van der Waals surface area contributed by atoms with Crippen molar-refractivity contribution in [3.63, 3.8) is 0 Å². The van der Waals surface area contributed by atoms with Crippen molar-refractivity contribution in [1.29, 1.82) is 0 Å². The maximum Gasteiger partial charge on any atom is 0.333 e. The zero-order valence-corrected chi connectivity index (χ0v) is 19.3. The van der Waals surface area contributed by atoms with Crippen LogP contribution in [-0.2, 0) is 28.7 Å². The molecule has 0 aromatic heterocycles. The van der Waals surface area contributed by atoms with Gasteiger partial charge in [-0.3, -0.25) is 19.2 Å². The topological polar surface area (TPSA) is 157 Å². The minimum absolute atomic E-state index is 0.00569. The van der Waals surface area contributed by atoms with Crippen LogP contribution in [0.4, 0.5) is 0 Å². The molecule has 31 heavy (non-hydrogen) atoms. The fourth-order valence-electron chi connectivity index (χ4n) is 3.56. The smallest absolute Gasteiger partial charge is 0.333 e. The number of nitrogens with two attached hydrogens (primary N) is 1. The van der Waals surface area contributed by atoms with Crippen LogP contribution < -0.4 is 21.7 Å². The zero-order chi connectivity index (χ0) is 24.4. The highest BCUT2D eigenvalue weighted by Gasteiger charge is 2.32. The largest absolute Gasteiger partial charge is 0.460 e. The molecule has 0 spiro atoms. The minimum atomic E-state index is -1.03. The van der Waals surface area contributed by atoms with E-state index in [1.807, 2.05) is 34.6 Å². The second kappa shape index (κ2) is 12.1. The van der Waals surface area contributed by atoms with Crippen LogP contribution >= 0.6 is 0 Å². The van der Waals surface area contributed by atoms with Gasteiger partial charge in [-0.15, -0.1) is 0 Å². The highest BCUT2D eigenvalue weighted by Crippen LogP contribution is 2.34. The van der Waals surface area contributed by atoms with Crippen molar-refractivity contribution in [2.24, 2.45) is 17.1 Å². The molecule has 0 aliphatic heterocycles. The lowest BCUT2D eigenvalue weighted by molar-refractivity contribution is -0.141. The van der Waals surface area contributed by atoms with E-state index in [2.05, 4.69) is 22.5 Å². The van der Waals surface area contributed by atoms with E-state index in [0.29, 0.717) is 19.4 Å². The summed E-state index contributed by atoms with van der Waals surface area (Å²) in [4.78, 5) is 57.5. The first-order valence-electron chi connectivity index (χ1n) is 10.1. The summed E-state index contributed by atoms with van der Waals surface area (Å²) in [6.07, 6.45) is 1.26. The van der Waals surface area contributed by atoms with Crippen LogP contribution in [0.15, 0.2) is 12.2 Å². The Morgan fingerprint density at radius 1 is 1.00 bits per heavy atom. The molecule has 176 valence electrons. The zero-order valence-electron chi connectivity index (χ0n) is 19.3. The number of carbonyl (C=O) groups excluding carboxylic acids is 5. The number of hydrogen-bond donors (Lipinski definition) is 4. The van der Waals surface area contributed by atoms with E-state index in [9.17, 15) is 24.0 Å². The standard InChI is InChI=1S/C21H36N4O6/c1-13(2)19(30)31-9-8-23-17(28)18(29)25-21(6,7)12-20(4,5)10-14(3)11-24-16(27)15(22)26/h14H,1,8-12H2,2-7H3,(H2,22,26)(H,23,28)(H,24,27)(H,25,29). The molecule has 5 N–H and O–H groups in total. The molecule has 0 aromatic rings. The van der Waals surface area contributed by atoms with Gasteiger partial charge < -0.3 is 26.4 Å². The molecule has 4 amide bonds. The van der Waals surface area contributed by atoms with E-state index < -0.39 is 35.1 Å². The van der Waals surface area contributed by atoms with Crippen LogP contribution in [0.3, 0.4) is 0 Å². The molecule has 0 rings (SSSR count). The fraction of sp³-hybridized carbons (Fsp3) is 0.667. The molecule has 1 unspecified atom stereocenters. The highest BCUT2D eigenvalue weighted by molar-refractivity contribution is 6.35. The Hall–Kier alpha value is -2.91. The lowest BCUT2D eigenvalue weighted by atomic mass is 9.74. The first kappa shape index (κ1) is 28.1. The third kappa shape index (κ3) is 12.4. The van der Waals surface area contributed by atoms with E-state index in [1.165, 1.54) is 6.92 Å². The lowest BCUT2D eigenvalue weighted by Crippen LogP contribution is -2.52. The molecule has 0 bridgehead atoms.